The van der Waals surface area contributed by atoms with Gasteiger partial charge in [0.1, 0.15) is 12.4 Å². The number of esters is 1. The number of anilines is 1. The molecule has 0 aromatic heterocycles. The minimum Gasteiger partial charge on any atom is -0.465 e. The minimum absolute atomic E-state index is 0.0199. The molecule has 0 aliphatic heterocycles. The molecule has 0 aliphatic rings. The molecule has 0 saturated carbocycles. The van der Waals surface area contributed by atoms with Crippen molar-refractivity contribution in [2.75, 3.05) is 17.5 Å². The molecule has 5 nitrogen and oxygen atoms in total. The molecule has 2 aromatic carbocycles. The van der Waals surface area contributed by atoms with Gasteiger partial charge in [-0.2, -0.15) is 0 Å². The highest BCUT2D eigenvalue weighted by Gasteiger charge is 2.29. The molecule has 134 valence electrons. The number of carbonyl (C=O) groups is 1. The van der Waals surface area contributed by atoms with Crippen molar-refractivity contribution in [3.05, 3.63) is 58.3 Å². The van der Waals surface area contributed by atoms with Crippen LogP contribution in [0.5, 0.6) is 0 Å². The molecule has 0 spiro atoms. The Morgan fingerprint density at radius 3 is 2.40 bits per heavy atom. The van der Waals surface area contributed by atoms with E-state index in [9.17, 15) is 17.6 Å². The Bertz CT molecular complexity index is 872. The average molecular weight is 406 g/mol. The van der Waals surface area contributed by atoms with Crippen LogP contribution in [0.1, 0.15) is 6.92 Å². The second kappa shape index (κ2) is 8.03. The zero-order valence-electron chi connectivity index (χ0n) is 13.1. The summed E-state index contributed by atoms with van der Waals surface area (Å²) in [6.45, 7) is 1.09. The Morgan fingerprint density at radius 1 is 1.16 bits per heavy atom. The van der Waals surface area contributed by atoms with E-state index in [-0.39, 0.29) is 27.2 Å². The van der Waals surface area contributed by atoms with Gasteiger partial charge in [-0.05, 0) is 43.3 Å². The summed E-state index contributed by atoms with van der Waals surface area (Å²) in [5, 5.41) is 0.0986. The van der Waals surface area contributed by atoms with Crippen LogP contribution >= 0.6 is 23.2 Å². The van der Waals surface area contributed by atoms with Gasteiger partial charge in [0, 0.05) is 0 Å². The van der Waals surface area contributed by atoms with Gasteiger partial charge < -0.3 is 4.74 Å². The Morgan fingerprint density at radius 2 is 1.80 bits per heavy atom. The van der Waals surface area contributed by atoms with Crippen LogP contribution < -0.4 is 4.31 Å². The topological polar surface area (TPSA) is 63.7 Å². The number of nitrogens with zero attached hydrogens (tertiary/aromatic N) is 1. The molecule has 0 aliphatic carbocycles. The van der Waals surface area contributed by atoms with Crippen molar-refractivity contribution in [3.8, 4) is 0 Å². The summed E-state index contributed by atoms with van der Waals surface area (Å²) < 4.78 is 44.6. The molecule has 0 fully saturated rings. The third-order valence-electron chi connectivity index (χ3n) is 3.18. The SMILES string of the molecule is CCOC(=O)CN(c1cccc(Cl)c1Cl)S(=O)(=O)c1ccc(F)cc1. The van der Waals surface area contributed by atoms with Crippen molar-refractivity contribution in [1.29, 1.82) is 0 Å². The monoisotopic (exact) mass is 405 g/mol. The van der Waals surface area contributed by atoms with Crippen molar-refractivity contribution in [2.24, 2.45) is 0 Å². The lowest BCUT2D eigenvalue weighted by molar-refractivity contribution is -0.141. The highest BCUT2D eigenvalue weighted by atomic mass is 35.5. The van der Waals surface area contributed by atoms with Gasteiger partial charge in [-0.15, -0.1) is 0 Å². The maximum atomic E-state index is 13.1. The summed E-state index contributed by atoms with van der Waals surface area (Å²) in [6, 6.07) is 8.61. The first-order valence-electron chi connectivity index (χ1n) is 7.15. The first-order valence-corrected chi connectivity index (χ1v) is 9.35. The molecular formula is C16H14Cl2FNO4S. The molecule has 25 heavy (non-hydrogen) atoms. The van der Waals surface area contributed by atoms with E-state index < -0.39 is 28.4 Å². The second-order valence-electron chi connectivity index (χ2n) is 4.84. The zero-order chi connectivity index (χ0) is 18.6. The van der Waals surface area contributed by atoms with Crippen LogP contribution in [0.2, 0.25) is 10.0 Å². The average Bonchev–Trinajstić information content (AvgIpc) is 2.56. The molecular weight excluding hydrogens is 392 g/mol. The lowest BCUT2D eigenvalue weighted by Gasteiger charge is -2.24. The van der Waals surface area contributed by atoms with E-state index in [1.54, 1.807) is 6.92 Å². The number of hydrogen-bond donors (Lipinski definition) is 0. The molecule has 2 aromatic rings. The number of halogens is 3. The highest BCUT2D eigenvalue weighted by Crippen LogP contribution is 2.35. The van der Waals surface area contributed by atoms with Gasteiger partial charge in [0.2, 0.25) is 0 Å². The van der Waals surface area contributed by atoms with E-state index in [1.807, 2.05) is 0 Å². The van der Waals surface area contributed by atoms with Gasteiger partial charge in [-0.25, -0.2) is 12.8 Å². The molecule has 0 saturated heterocycles. The van der Waals surface area contributed by atoms with Crippen LogP contribution in [-0.4, -0.2) is 27.5 Å². The van der Waals surface area contributed by atoms with Gasteiger partial charge >= 0.3 is 5.97 Å². The predicted molar refractivity (Wildman–Crippen MR) is 94.0 cm³/mol. The maximum Gasteiger partial charge on any atom is 0.326 e. The molecule has 0 amide bonds. The molecule has 0 N–H and O–H groups in total. The Balaban J connectivity index is 2.56. The van der Waals surface area contributed by atoms with E-state index in [0.717, 1.165) is 28.6 Å². The fourth-order valence-corrected chi connectivity index (χ4v) is 3.91. The third-order valence-corrected chi connectivity index (χ3v) is 5.76. The predicted octanol–water partition coefficient (Wildman–Crippen LogP) is 3.89. The summed E-state index contributed by atoms with van der Waals surface area (Å²) in [4.78, 5) is 11.7. The minimum atomic E-state index is -4.20. The third kappa shape index (κ3) is 4.42. The van der Waals surface area contributed by atoms with Gasteiger partial charge in [0.15, 0.2) is 0 Å². The lowest BCUT2D eigenvalue weighted by atomic mass is 10.3. The first-order chi connectivity index (χ1) is 11.8. The van der Waals surface area contributed by atoms with Crippen molar-refractivity contribution in [1.82, 2.24) is 0 Å². The Labute approximate surface area is 155 Å². The molecule has 0 heterocycles. The summed E-state index contributed by atoms with van der Waals surface area (Å²) >= 11 is 12.1. The highest BCUT2D eigenvalue weighted by molar-refractivity contribution is 7.92. The fraction of sp³-hybridized carbons (Fsp3) is 0.188. The van der Waals surface area contributed by atoms with Crippen LogP contribution in [0, 0.1) is 5.82 Å². The normalized spacial score (nSPS) is 11.2. The van der Waals surface area contributed by atoms with Crippen LogP contribution in [0.3, 0.4) is 0 Å². The second-order valence-corrected chi connectivity index (χ2v) is 7.49. The number of carbonyl (C=O) groups excluding carboxylic acids is 1. The van der Waals surface area contributed by atoms with E-state index >= 15 is 0 Å². The number of benzene rings is 2. The lowest BCUT2D eigenvalue weighted by Crippen LogP contribution is -2.36. The molecule has 0 radical (unpaired) electrons. The van der Waals surface area contributed by atoms with Gasteiger partial charge in [-0.1, -0.05) is 29.3 Å². The number of ether oxygens (including phenoxy) is 1. The molecule has 0 unspecified atom stereocenters. The van der Waals surface area contributed by atoms with E-state index in [4.69, 9.17) is 27.9 Å². The Kier molecular flexibility index (Phi) is 6.26. The molecule has 0 atom stereocenters. The van der Waals surface area contributed by atoms with E-state index in [2.05, 4.69) is 0 Å². The number of sulfonamides is 1. The van der Waals surface area contributed by atoms with Crippen LogP contribution in [0.25, 0.3) is 0 Å². The van der Waals surface area contributed by atoms with Gasteiger partial charge in [0.25, 0.3) is 10.0 Å². The van der Waals surface area contributed by atoms with Crippen molar-refractivity contribution < 1.29 is 22.3 Å². The van der Waals surface area contributed by atoms with Crippen molar-refractivity contribution in [3.63, 3.8) is 0 Å². The summed E-state index contributed by atoms with van der Waals surface area (Å²) in [5.74, 6) is -1.35. The van der Waals surface area contributed by atoms with Crippen LogP contribution in [-0.2, 0) is 19.6 Å². The van der Waals surface area contributed by atoms with Gasteiger partial charge in [0.05, 0.1) is 27.2 Å². The van der Waals surface area contributed by atoms with E-state index in [0.29, 0.717) is 0 Å². The van der Waals surface area contributed by atoms with E-state index in [1.165, 1.54) is 18.2 Å². The largest absolute Gasteiger partial charge is 0.465 e. The number of hydrogen-bond acceptors (Lipinski definition) is 4. The standard InChI is InChI=1S/C16H14Cl2FNO4S/c1-2-24-15(21)10-20(14-5-3-4-13(17)16(14)18)25(22,23)12-8-6-11(19)7-9-12/h3-9H,2,10H2,1H3. The molecule has 2 rings (SSSR count). The Hall–Kier alpha value is -1.83. The first kappa shape index (κ1) is 19.5. The maximum absolute atomic E-state index is 13.1. The smallest absolute Gasteiger partial charge is 0.326 e. The molecule has 0 bridgehead atoms. The van der Waals surface area contributed by atoms with Gasteiger partial charge in [-0.3, -0.25) is 9.10 Å². The van der Waals surface area contributed by atoms with Crippen molar-refractivity contribution >= 4 is 44.9 Å². The summed E-state index contributed by atoms with van der Waals surface area (Å²) in [7, 11) is -4.20. The zero-order valence-corrected chi connectivity index (χ0v) is 15.4. The molecule has 9 heteroatoms. The fourth-order valence-electron chi connectivity index (χ4n) is 2.04. The summed E-state index contributed by atoms with van der Waals surface area (Å²) in [5.41, 5.74) is 0.0199. The quantitative estimate of drug-likeness (QED) is 0.683. The number of rotatable bonds is 6. The summed E-state index contributed by atoms with van der Waals surface area (Å²) in [6.07, 6.45) is 0. The van der Waals surface area contributed by atoms with Crippen LogP contribution in [0.4, 0.5) is 10.1 Å². The van der Waals surface area contributed by atoms with Crippen LogP contribution in [0.15, 0.2) is 47.4 Å². The van der Waals surface area contributed by atoms with Crippen molar-refractivity contribution in [2.45, 2.75) is 11.8 Å².